The zero-order valence-corrected chi connectivity index (χ0v) is 14.7. The van der Waals surface area contributed by atoms with Gasteiger partial charge in [-0.05, 0) is 37.3 Å². The minimum Gasteiger partial charge on any atom is -0.352 e. The number of hydrogen-bond donors (Lipinski definition) is 1. The molecule has 0 bridgehead atoms. The van der Waals surface area contributed by atoms with Crippen molar-refractivity contribution in [2.75, 3.05) is 19.6 Å². The Morgan fingerprint density at radius 2 is 1.83 bits per heavy atom. The fourth-order valence-corrected chi connectivity index (χ4v) is 4.40. The van der Waals surface area contributed by atoms with Gasteiger partial charge in [0.15, 0.2) is 0 Å². The van der Waals surface area contributed by atoms with Gasteiger partial charge in [-0.1, -0.05) is 32.4 Å². The van der Waals surface area contributed by atoms with Crippen LogP contribution in [0.4, 0.5) is 0 Å². The molecule has 1 fully saturated rings. The highest BCUT2D eigenvalue weighted by Gasteiger charge is 2.29. The van der Waals surface area contributed by atoms with Gasteiger partial charge in [-0.3, -0.25) is 4.79 Å². The Morgan fingerprint density at radius 1 is 1.17 bits per heavy atom. The predicted molar refractivity (Wildman–Crippen MR) is 90.8 cm³/mol. The Hall–Kier alpha value is -1.40. The minimum atomic E-state index is -3.61. The molecule has 0 aliphatic carbocycles. The van der Waals surface area contributed by atoms with Crippen molar-refractivity contribution in [2.45, 2.75) is 44.4 Å². The van der Waals surface area contributed by atoms with E-state index in [1.807, 2.05) is 0 Å². The Kier molecular flexibility index (Phi) is 6.18. The molecule has 0 aromatic heterocycles. The van der Waals surface area contributed by atoms with Gasteiger partial charge >= 0.3 is 0 Å². The van der Waals surface area contributed by atoms with E-state index >= 15 is 0 Å². The van der Waals surface area contributed by atoms with E-state index < -0.39 is 10.0 Å². The molecule has 0 atom stereocenters. The molecule has 0 saturated carbocycles. The van der Waals surface area contributed by atoms with Crippen molar-refractivity contribution in [3.63, 3.8) is 0 Å². The number of sulfonamides is 1. The Labute approximate surface area is 139 Å². The number of carbonyl (C=O) groups excluding carboxylic acids is 1. The van der Waals surface area contributed by atoms with E-state index in [-0.39, 0.29) is 16.4 Å². The Morgan fingerprint density at radius 3 is 2.48 bits per heavy atom. The zero-order valence-electron chi connectivity index (χ0n) is 13.9. The normalized spacial score (nSPS) is 16.5. The molecule has 1 heterocycles. The van der Waals surface area contributed by atoms with Crippen LogP contribution in [-0.2, 0) is 10.0 Å². The highest BCUT2D eigenvalue weighted by atomic mass is 32.2. The minimum absolute atomic E-state index is 0.115. The maximum absolute atomic E-state index is 12.8. The Balaban J connectivity index is 2.21. The van der Waals surface area contributed by atoms with Crippen molar-refractivity contribution in [1.82, 2.24) is 9.62 Å². The number of benzene rings is 1. The number of piperidine rings is 1. The van der Waals surface area contributed by atoms with Crippen LogP contribution in [0.15, 0.2) is 29.2 Å². The summed E-state index contributed by atoms with van der Waals surface area (Å²) in [6, 6.07) is 6.48. The van der Waals surface area contributed by atoms with Crippen LogP contribution in [0.2, 0.25) is 0 Å². The van der Waals surface area contributed by atoms with Gasteiger partial charge < -0.3 is 5.32 Å². The lowest BCUT2D eigenvalue weighted by Gasteiger charge is -2.26. The standard InChI is InChI=1S/C17H26N2O3S/c1-14(2)10-11-18-17(20)15-8-4-5-9-16(15)23(21,22)19-12-6-3-7-13-19/h4-5,8-9,14H,3,6-7,10-13H2,1-2H3,(H,18,20). The second-order valence-corrected chi connectivity index (χ2v) is 8.31. The van der Waals surface area contributed by atoms with Gasteiger partial charge in [0.1, 0.15) is 0 Å². The summed E-state index contributed by atoms with van der Waals surface area (Å²) in [5.41, 5.74) is 0.238. The van der Waals surface area contributed by atoms with E-state index in [0.717, 1.165) is 25.7 Å². The third-order valence-corrected chi connectivity index (χ3v) is 6.03. The smallest absolute Gasteiger partial charge is 0.252 e. The largest absolute Gasteiger partial charge is 0.352 e. The van der Waals surface area contributed by atoms with Gasteiger partial charge in [-0.2, -0.15) is 4.31 Å². The van der Waals surface area contributed by atoms with Crippen molar-refractivity contribution in [2.24, 2.45) is 5.92 Å². The number of amides is 1. The summed E-state index contributed by atoms with van der Waals surface area (Å²) in [4.78, 5) is 12.5. The second-order valence-electron chi connectivity index (χ2n) is 6.40. The summed E-state index contributed by atoms with van der Waals surface area (Å²) in [5.74, 6) is 0.171. The molecule has 1 N–H and O–H groups in total. The first-order chi connectivity index (χ1) is 10.9. The predicted octanol–water partition coefficient (Wildman–Crippen LogP) is 2.64. The van der Waals surface area contributed by atoms with Crippen LogP contribution in [0.1, 0.15) is 49.9 Å². The number of rotatable bonds is 6. The van der Waals surface area contributed by atoms with Crippen LogP contribution in [0.5, 0.6) is 0 Å². The fraction of sp³-hybridized carbons (Fsp3) is 0.588. The third-order valence-electron chi connectivity index (χ3n) is 4.07. The molecule has 0 radical (unpaired) electrons. The molecular formula is C17H26N2O3S. The van der Waals surface area contributed by atoms with E-state index in [4.69, 9.17) is 0 Å². The molecule has 1 amide bonds. The molecular weight excluding hydrogens is 312 g/mol. The van der Waals surface area contributed by atoms with Gasteiger partial charge in [0.05, 0.1) is 10.5 Å². The molecule has 5 nitrogen and oxygen atoms in total. The lowest BCUT2D eigenvalue weighted by atomic mass is 10.1. The molecule has 1 aromatic rings. The second kappa shape index (κ2) is 7.93. The van der Waals surface area contributed by atoms with Crippen LogP contribution < -0.4 is 5.32 Å². The van der Waals surface area contributed by atoms with Gasteiger partial charge in [-0.15, -0.1) is 0 Å². The van der Waals surface area contributed by atoms with Crippen molar-refractivity contribution < 1.29 is 13.2 Å². The molecule has 6 heteroatoms. The Bertz CT molecular complexity index is 635. The van der Waals surface area contributed by atoms with Gasteiger partial charge in [0.2, 0.25) is 10.0 Å². The molecule has 1 aliphatic heterocycles. The first-order valence-electron chi connectivity index (χ1n) is 8.30. The van der Waals surface area contributed by atoms with Crippen molar-refractivity contribution in [1.29, 1.82) is 0 Å². The molecule has 23 heavy (non-hydrogen) atoms. The highest BCUT2D eigenvalue weighted by Crippen LogP contribution is 2.23. The lowest BCUT2D eigenvalue weighted by Crippen LogP contribution is -2.37. The maximum Gasteiger partial charge on any atom is 0.252 e. The monoisotopic (exact) mass is 338 g/mol. The quantitative estimate of drug-likeness (QED) is 0.867. The number of nitrogens with zero attached hydrogens (tertiary/aromatic N) is 1. The van der Waals surface area contributed by atoms with Gasteiger partial charge in [0, 0.05) is 19.6 Å². The summed E-state index contributed by atoms with van der Waals surface area (Å²) in [5, 5.41) is 2.82. The topological polar surface area (TPSA) is 66.5 Å². The van der Waals surface area contributed by atoms with Crippen molar-refractivity contribution in [3.05, 3.63) is 29.8 Å². The first-order valence-corrected chi connectivity index (χ1v) is 9.74. The van der Waals surface area contributed by atoms with Crippen LogP contribution in [0.3, 0.4) is 0 Å². The molecule has 1 aromatic carbocycles. The van der Waals surface area contributed by atoms with E-state index in [9.17, 15) is 13.2 Å². The van der Waals surface area contributed by atoms with Gasteiger partial charge in [0.25, 0.3) is 5.91 Å². The molecule has 0 spiro atoms. The summed E-state index contributed by atoms with van der Waals surface area (Å²) in [6.45, 7) is 5.79. The highest BCUT2D eigenvalue weighted by molar-refractivity contribution is 7.89. The fourth-order valence-electron chi connectivity index (χ4n) is 2.69. The molecule has 1 aliphatic rings. The number of hydrogen-bond acceptors (Lipinski definition) is 3. The summed E-state index contributed by atoms with van der Waals surface area (Å²) in [6.07, 6.45) is 3.68. The maximum atomic E-state index is 12.8. The van der Waals surface area contributed by atoms with E-state index in [2.05, 4.69) is 19.2 Å². The van der Waals surface area contributed by atoms with Gasteiger partial charge in [-0.25, -0.2) is 8.42 Å². The SMILES string of the molecule is CC(C)CCNC(=O)c1ccccc1S(=O)(=O)N1CCCCC1. The molecule has 128 valence electrons. The zero-order chi connectivity index (χ0) is 16.9. The summed E-state index contributed by atoms with van der Waals surface area (Å²) < 4.78 is 27.2. The lowest BCUT2D eigenvalue weighted by molar-refractivity contribution is 0.0948. The number of nitrogens with one attached hydrogen (secondary N) is 1. The van der Waals surface area contributed by atoms with E-state index in [0.29, 0.717) is 25.6 Å². The summed E-state index contributed by atoms with van der Waals surface area (Å²) >= 11 is 0. The first kappa shape index (κ1) is 17.9. The summed E-state index contributed by atoms with van der Waals surface area (Å²) in [7, 11) is -3.61. The van der Waals surface area contributed by atoms with Crippen LogP contribution in [-0.4, -0.2) is 38.3 Å². The molecule has 0 unspecified atom stereocenters. The van der Waals surface area contributed by atoms with Crippen molar-refractivity contribution in [3.8, 4) is 0 Å². The average Bonchev–Trinajstić information content (AvgIpc) is 2.55. The van der Waals surface area contributed by atoms with Crippen LogP contribution in [0, 0.1) is 5.92 Å². The van der Waals surface area contributed by atoms with Crippen molar-refractivity contribution >= 4 is 15.9 Å². The van der Waals surface area contributed by atoms with E-state index in [1.54, 1.807) is 18.2 Å². The third kappa shape index (κ3) is 4.54. The average molecular weight is 338 g/mol. The molecule has 1 saturated heterocycles. The van der Waals surface area contributed by atoms with Crippen LogP contribution >= 0.6 is 0 Å². The number of carbonyl (C=O) groups is 1. The van der Waals surface area contributed by atoms with Crippen LogP contribution in [0.25, 0.3) is 0 Å². The van der Waals surface area contributed by atoms with E-state index in [1.165, 1.54) is 10.4 Å². The molecule has 2 rings (SSSR count).